The van der Waals surface area contributed by atoms with Gasteiger partial charge in [0.25, 0.3) is 0 Å². The molecular formula is C7H5Br3O2S. The van der Waals surface area contributed by atoms with Crippen molar-refractivity contribution in [1.29, 1.82) is 0 Å². The Morgan fingerprint density at radius 3 is 2.62 bits per heavy atom. The van der Waals surface area contributed by atoms with Crippen molar-refractivity contribution in [3.8, 4) is 0 Å². The summed E-state index contributed by atoms with van der Waals surface area (Å²) in [6.07, 6.45) is 0. The molecule has 1 aromatic rings. The van der Waals surface area contributed by atoms with Crippen LogP contribution >= 0.6 is 59.1 Å². The number of alkyl halides is 3. The molecule has 0 saturated heterocycles. The summed E-state index contributed by atoms with van der Waals surface area (Å²) in [5, 5.41) is 1.83. The fourth-order valence-corrected chi connectivity index (χ4v) is 3.03. The monoisotopic (exact) mass is 390 g/mol. The van der Waals surface area contributed by atoms with Crippen LogP contribution in [0.4, 0.5) is 0 Å². The minimum atomic E-state index is -0.551. The minimum Gasteiger partial charge on any atom is -0.465 e. The van der Waals surface area contributed by atoms with E-state index in [9.17, 15) is 4.79 Å². The lowest BCUT2D eigenvalue weighted by Crippen LogP contribution is -2.06. The molecule has 0 bridgehead atoms. The van der Waals surface area contributed by atoms with E-state index in [4.69, 9.17) is 0 Å². The summed E-state index contributed by atoms with van der Waals surface area (Å²) < 4.78 is 4.08. The standard InChI is InChI=1S/C7H5Br3O2S/c1-12-6(11)4-2-3-13-5(4)7(8,9)10/h2-3H,1H3. The first-order valence-electron chi connectivity index (χ1n) is 3.20. The number of rotatable bonds is 1. The van der Waals surface area contributed by atoms with Gasteiger partial charge in [-0.15, -0.1) is 11.3 Å². The van der Waals surface area contributed by atoms with Gasteiger partial charge >= 0.3 is 5.97 Å². The highest BCUT2D eigenvalue weighted by atomic mass is 80.0. The summed E-state index contributed by atoms with van der Waals surface area (Å²) in [4.78, 5) is 12.1. The van der Waals surface area contributed by atoms with Crippen molar-refractivity contribution < 1.29 is 9.53 Å². The van der Waals surface area contributed by atoms with Crippen LogP contribution in [0.5, 0.6) is 0 Å². The van der Waals surface area contributed by atoms with Gasteiger partial charge in [0.15, 0.2) is 2.14 Å². The highest BCUT2D eigenvalue weighted by molar-refractivity contribution is 9.38. The average Bonchev–Trinajstić information content (AvgIpc) is 2.49. The second kappa shape index (κ2) is 4.42. The Morgan fingerprint density at radius 1 is 1.54 bits per heavy atom. The third-order valence-electron chi connectivity index (χ3n) is 1.33. The van der Waals surface area contributed by atoms with E-state index in [1.807, 2.05) is 5.38 Å². The van der Waals surface area contributed by atoms with E-state index in [1.54, 1.807) is 6.07 Å². The third kappa shape index (κ3) is 2.78. The van der Waals surface area contributed by atoms with Crippen LogP contribution in [0.15, 0.2) is 11.4 Å². The summed E-state index contributed by atoms with van der Waals surface area (Å²) in [6, 6.07) is 1.73. The van der Waals surface area contributed by atoms with Gasteiger partial charge in [-0.25, -0.2) is 4.79 Å². The molecule has 6 heteroatoms. The molecule has 0 spiro atoms. The molecule has 72 valence electrons. The summed E-state index contributed by atoms with van der Waals surface area (Å²) in [5.41, 5.74) is 0.554. The zero-order valence-corrected chi connectivity index (χ0v) is 12.1. The van der Waals surface area contributed by atoms with E-state index < -0.39 is 2.14 Å². The second-order valence-electron chi connectivity index (χ2n) is 2.15. The van der Waals surface area contributed by atoms with Crippen molar-refractivity contribution in [1.82, 2.24) is 0 Å². The lowest BCUT2D eigenvalue weighted by Gasteiger charge is -2.11. The van der Waals surface area contributed by atoms with Crippen molar-refractivity contribution in [2.45, 2.75) is 2.14 Å². The molecule has 0 aliphatic rings. The number of ether oxygens (including phenoxy) is 1. The van der Waals surface area contributed by atoms with Crippen molar-refractivity contribution >= 4 is 65.1 Å². The van der Waals surface area contributed by atoms with Crippen LogP contribution < -0.4 is 0 Å². The molecule has 13 heavy (non-hydrogen) atoms. The Labute approximate surface area is 105 Å². The normalized spacial score (nSPS) is 11.4. The molecule has 0 atom stereocenters. The van der Waals surface area contributed by atoms with Gasteiger partial charge in [0.1, 0.15) is 0 Å². The van der Waals surface area contributed by atoms with E-state index in [2.05, 4.69) is 52.5 Å². The number of thiophene rings is 1. The Hall–Kier alpha value is 0.610. The predicted molar refractivity (Wildman–Crippen MR) is 64.1 cm³/mol. The van der Waals surface area contributed by atoms with E-state index in [0.29, 0.717) is 5.56 Å². The van der Waals surface area contributed by atoms with E-state index in [1.165, 1.54) is 18.4 Å². The van der Waals surface area contributed by atoms with Gasteiger partial charge in [-0.05, 0) is 11.4 Å². The van der Waals surface area contributed by atoms with Gasteiger partial charge in [-0.2, -0.15) is 0 Å². The van der Waals surface area contributed by atoms with Crippen molar-refractivity contribution in [3.05, 3.63) is 21.9 Å². The molecule has 0 saturated carbocycles. The smallest absolute Gasteiger partial charge is 0.339 e. The topological polar surface area (TPSA) is 26.3 Å². The van der Waals surface area contributed by atoms with Crippen LogP contribution in [-0.4, -0.2) is 13.1 Å². The molecule has 0 aromatic carbocycles. The summed E-state index contributed by atoms with van der Waals surface area (Å²) in [5.74, 6) is -0.334. The SMILES string of the molecule is COC(=O)c1ccsc1C(Br)(Br)Br. The molecule has 0 N–H and O–H groups in total. The minimum absolute atomic E-state index is 0.334. The Balaban J connectivity index is 3.10. The number of carbonyl (C=O) groups is 1. The maximum Gasteiger partial charge on any atom is 0.339 e. The molecule has 2 nitrogen and oxygen atoms in total. The Kier molecular flexibility index (Phi) is 3.97. The predicted octanol–water partition coefficient (Wildman–Crippen LogP) is 3.83. The quantitative estimate of drug-likeness (QED) is 0.536. The molecule has 0 unspecified atom stereocenters. The van der Waals surface area contributed by atoms with Gasteiger partial charge < -0.3 is 4.74 Å². The van der Waals surface area contributed by atoms with Gasteiger partial charge in [0, 0.05) is 0 Å². The first-order chi connectivity index (χ1) is 5.96. The zero-order valence-electron chi connectivity index (χ0n) is 6.51. The molecule has 0 aliphatic heterocycles. The Morgan fingerprint density at radius 2 is 2.15 bits per heavy atom. The van der Waals surface area contributed by atoms with Crippen LogP contribution in [0.1, 0.15) is 15.2 Å². The van der Waals surface area contributed by atoms with Gasteiger partial charge in [0.05, 0.1) is 17.6 Å². The van der Waals surface area contributed by atoms with Crippen molar-refractivity contribution in [2.24, 2.45) is 0 Å². The molecule has 1 aromatic heterocycles. The number of hydrogen-bond acceptors (Lipinski definition) is 3. The molecular weight excluding hydrogens is 388 g/mol. The van der Waals surface area contributed by atoms with Crippen molar-refractivity contribution in [3.63, 3.8) is 0 Å². The third-order valence-corrected chi connectivity index (χ3v) is 4.34. The van der Waals surface area contributed by atoms with E-state index in [0.717, 1.165) is 4.88 Å². The number of esters is 1. The fourth-order valence-electron chi connectivity index (χ4n) is 0.799. The first-order valence-corrected chi connectivity index (χ1v) is 6.45. The fraction of sp³-hybridized carbons (Fsp3) is 0.286. The number of hydrogen-bond donors (Lipinski definition) is 0. The molecule has 0 radical (unpaired) electrons. The molecule has 0 amide bonds. The van der Waals surface area contributed by atoms with Crippen LogP contribution in [0.25, 0.3) is 0 Å². The van der Waals surface area contributed by atoms with Gasteiger partial charge in [-0.3, -0.25) is 0 Å². The maximum atomic E-state index is 11.3. The largest absolute Gasteiger partial charge is 0.465 e. The summed E-state index contributed by atoms with van der Waals surface area (Å²) >= 11 is 11.5. The number of halogens is 3. The van der Waals surface area contributed by atoms with Gasteiger partial charge in [-0.1, -0.05) is 47.8 Å². The first kappa shape index (κ1) is 11.7. The molecule has 1 rings (SSSR count). The molecule has 0 aliphatic carbocycles. The maximum absolute atomic E-state index is 11.3. The number of methoxy groups -OCH3 is 1. The highest BCUT2D eigenvalue weighted by Gasteiger charge is 2.28. The van der Waals surface area contributed by atoms with Gasteiger partial charge in [0.2, 0.25) is 0 Å². The lowest BCUT2D eigenvalue weighted by atomic mass is 10.3. The highest BCUT2D eigenvalue weighted by Crippen LogP contribution is 2.48. The molecule has 0 fully saturated rings. The molecule has 1 heterocycles. The van der Waals surface area contributed by atoms with Crippen molar-refractivity contribution in [2.75, 3.05) is 7.11 Å². The van der Waals surface area contributed by atoms with Crippen LogP contribution in [0.3, 0.4) is 0 Å². The van der Waals surface area contributed by atoms with E-state index >= 15 is 0 Å². The van der Waals surface area contributed by atoms with Crippen LogP contribution in [0.2, 0.25) is 0 Å². The average molecular weight is 393 g/mol. The summed E-state index contributed by atoms with van der Waals surface area (Å²) in [6.45, 7) is 0. The Bertz CT molecular complexity index is 316. The zero-order chi connectivity index (χ0) is 10.1. The summed E-state index contributed by atoms with van der Waals surface area (Å²) in [7, 11) is 1.36. The van der Waals surface area contributed by atoms with Crippen LogP contribution in [-0.2, 0) is 6.88 Å². The second-order valence-corrected chi connectivity index (χ2v) is 9.83. The lowest BCUT2D eigenvalue weighted by molar-refractivity contribution is 0.0600. The van der Waals surface area contributed by atoms with Crippen LogP contribution in [0, 0.1) is 0 Å². The number of carbonyl (C=O) groups excluding carboxylic acids is 1. The van der Waals surface area contributed by atoms with E-state index in [-0.39, 0.29) is 5.97 Å².